The molecule has 1 saturated heterocycles. The summed E-state index contributed by atoms with van der Waals surface area (Å²) < 4.78 is 0. The van der Waals surface area contributed by atoms with Crippen LogP contribution < -0.4 is 4.90 Å². The topological polar surface area (TPSA) is 57.6 Å². The fraction of sp³-hybridized carbons (Fsp3) is 0.467. The van der Waals surface area contributed by atoms with Crippen molar-refractivity contribution in [2.45, 2.75) is 16.1 Å². The van der Waals surface area contributed by atoms with Gasteiger partial charge in [0.15, 0.2) is 0 Å². The monoisotopic (exact) mass is 413 g/mol. The molecular formula is C15H13Br2NO3. The first kappa shape index (κ1) is 13.8. The number of phenolic OH excluding ortho intramolecular Hbond substituents is 1. The smallest absolute Gasteiger partial charge is 0.238 e. The lowest BCUT2D eigenvalue weighted by molar-refractivity contribution is -0.123. The molecule has 2 saturated carbocycles. The average molecular weight is 415 g/mol. The van der Waals surface area contributed by atoms with E-state index in [0.717, 1.165) is 6.42 Å². The second-order valence-electron chi connectivity index (χ2n) is 6.00. The number of halogens is 2. The molecule has 110 valence electrons. The van der Waals surface area contributed by atoms with Gasteiger partial charge in [0, 0.05) is 9.65 Å². The number of para-hydroxylation sites is 2. The zero-order chi connectivity index (χ0) is 14.9. The normalized spacial score (nSPS) is 41.0. The summed E-state index contributed by atoms with van der Waals surface area (Å²) in [6.07, 6.45) is 0.910. The molecule has 4 rings (SSSR count). The molecule has 2 aliphatic carbocycles. The van der Waals surface area contributed by atoms with Crippen LogP contribution in [0.5, 0.6) is 5.75 Å². The van der Waals surface area contributed by atoms with Crippen molar-refractivity contribution in [1.82, 2.24) is 0 Å². The van der Waals surface area contributed by atoms with Crippen LogP contribution >= 0.6 is 31.9 Å². The summed E-state index contributed by atoms with van der Waals surface area (Å²) >= 11 is 7.31. The molecule has 2 bridgehead atoms. The fourth-order valence-corrected chi connectivity index (χ4v) is 6.11. The Morgan fingerprint density at radius 2 is 1.52 bits per heavy atom. The van der Waals surface area contributed by atoms with Crippen molar-refractivity contribution in [3.8, 4) is 5.75 Å². The lowest BCUT2D eigenvalue weighted by atomic mass is 9.81. The van der Waals surface area contributed by atoms with E-state index >= 15 is 0 Å². The zero-order valence-corrected chi connectivity index (χ0v) is 14.1. The molecular weight excluding hydrogens is 402 g/mol. The molecule has 1 heterocycles. The molecule has 2 amide bonds. The van der Waals surface area contributed by atoms with Crippen LogP contribution in [0, 0.1) is 23.7 Å². The standard InChI is InChI=1S/C15H13Br2NO3/c16-12-6-5-7(13(12)17)11-10(6)14(20)18(15(11)21)8-3-1-2-4-9(8)19/h1-4,6-7,10-13,19H,5H2/t6-,7+,10-,11+,12-,13+. The lowest BCUT2D eigenvalue weighted by Gasteiger charge is -2.28. The highest BCUT2D eigenvalue weighted by molar-refractivity contribution is 9.12. The van der Waals surface area contributed by atoms with Gasteiger partial charge >= 0.3 is 0 Å². The van der Waals surface area contributed by atoms with Crippen molar-refractivity contribution in [3.63, 3.8) is 0 Å². The Hall–Kier alpha value is -0.880. The van der Waals surface area contributed by atoms with Gasteiger partial charge in [0.25, 0.3) is 0 Å². The zero-order valence-electron chi connectivity index (χ0n) is 10.9. The minimum atomic E-state index is -0.250. The van der Waals surface area contributed by atoms with Gasteiger partial charge in [-0.2, -0.15) is 0 Å². The van der Waals surface area contributed by atoms with E-state index in [1.807, 2.05) is 0 Å². The molecule has 1 aromatic carbocycles. The Morgan fingerprint density at radius 3 is 2.05 bits per heavy atom. The number of carbonyl (C=O) groups is 2. The molecule has 3 aliphatic rings. The Balaban J connectivity index is 1.77. The summed E-state index contributed by atoms with van der Waals surface area (Å²) in [7, 11) is 0. The number of carbonyl (C=O) groups excluding carboxylic acids is 2. The number of hydrogen-bond acceptors (Lipinski definition) is 3. The van der Waals surface area contributed by atoms with Gasteiger partial charge in [0.1, 0.15) is 5.75 Å². The largest absolute Gasteiger partial charge is 0.506 e. The highest BCUT2D eigenvalue weighted by atomic mass is 79.9. The third-order valence-electron chi connectivity index (χ3n) is 5.11. The summed E-state index contributed by atoms with van der Waals surface area (Å²) in [5.74, 6) is -0.475. The SMILES string of the molecule is O=C1[C@@H]2[C@H]3C[C@H]([C@H](Br)[C@@H]3Br)[C@@H]2C(=O)N1c1ccccc1O. The molecule has 4 nitrogen and oxygen atoms in total. The number of imide groups is 1. The first-order chi connectivity index (χ1) is 10.0. The summed E-state index contributed by atoms with van der Waals surface area (Å²) in [4.78, 5) is 27.1. The molecule has 6 heteroatoms. The molecule has 0 spiro atoms. The lowest BCUT2D eigenvalue weighted by Crippen LogP contribution is -2.37. The molecule has 0 radical (unpaired) electrons. The summed E-state index contributed by atoms with van der Waals surface area (Å²) in [5, 5.41) is 9.96. The van der Waals surface area contributed by atoms with Gasteiger partial charge in [-0.05, 0) is 30.4 Å². The minimum absolute atomic E-state index is 0.0303. The van der Waals surface area contributed by atoms with Gasteiger partial charge in [-0.25, -0.2) is 4.90 Å². The Kier molecular flexibility index (Phi) is 2.99. The van der Waals surface area contributed by atoms with Crippen molar-refractivity contribution in [2.75, 3.05) is 4.90 Å². The second-order valence-corrected chi connectivity index (χ2v) is 8.12. The summed E-state index contributed by atoms with van der Waals surface area (Å²) in [6.45, 7) is 0. The molecule has 1 aliphatic heterocycles. The van der Waals surface area contributed by atoms with E-state index in [1.54, 1.807) is 18.2 Å². The van der Waals surface area contributed by atoms with Crippen LogP contribution in [0.25, 0.3) is 0 Å². The molecule has 0 aromatic heterocycles. The predicted octanol–water partition coefficient (Wildman–Crippen LogP) is 2.67. The van der Waals surface area contributed by atoms with E-state index in [-0.39, 0.29) is 50.9 Å². The predicted molar refractivity (Wildman–Crippen MR) is 84.6 cm³/mol. The number of hydrogen-bond donors (Lipinski definition) is 1. The average Bonchev–Trinajstić information content (AvgIpc) is 3.06. The van der Waals surface area contributed by atoms with Crippen LogP contribution in [0.15, 0.2) is 24.3 Å². The van der Waals surface area contributed by atoms with Gasteiger partial charge in [-0.3, -0.25) is 9.59 Å². The van der Waals surface area contributed by atoms with Crippen molar-refractivity contribution in [3.05, 3.63) is 24.3 Å². The van der Waals surface area contributed by atoms with Crippen LogP contribution in [0.1, 0.15) is 6.42 Å². The van der Waals surface area contributed by atoms with Gasteiger partial charge in [0.2, 0.25) is 11.8 Å². The number of benzene rings is 1. The third kappa shape index (κ3) is 1.66. The number of aromatic hydroxyl groups is 1. The van der Waals surface area contributed by atoms with Gasteiger partial charge in [-0.15, -0.1) is 0 Å². The van der Waals surface area contributed by atoms with E-state index in [4.69, 9.17) is 0 Å². The number of fused-ring (bicyclic) bond motifs is 5. The van der Waals surface area contributed by atoms with Crippen LogP contribution in [0.2, 0.25) is 0 Å². The molecule has 21 heavy (non-hydrogen) atoms. The van der Waals surface area contributed by atoms with Crippen LogP contribution in [-0.4, -0.2) is 26.6 Å². The molecule has 1 aromatic rings. The quantitative estimate of drug-likeness (QED) is 0.567. The van der Waals surface area contributed by atoms with Crippen LogP contribution in [0.4, 0.5) is 5.69 Å². The number of amides is 2. The molecule has 6 atom stereocenters. The van der Waals surface area contributed by atoms with Crippen LogP contribution in [0.3, 0.4) is 0 Å². The molecule has 1 N–H and O–H groups in total. The Bertz CT molecular complexity index is 618. The van der Waals surface area contributed by atoms with Crippen molar-refractivity contribution in [1.29, 1.82) is 0 Å². The maximum absolute atomic E-state index is 12.7. The first-order valence-electron chi connectivity index (χ1n) is 6.96. The van der Waals surface area contributed by atoms with E-state index in [1.165, 1.54) is 11.0 Å². The van der Waals surface area contributed by atoms with Crippen molar-refractivity contribution >= 4 is 49.4 Å². The number of phenols is 1. The van der Waals surface area contributed by atoms with E-state index in [2.05, 4.69) is 31.9 Å². The van der Waals surface area contributed by atoms with Crippen molar-refractivity contribution in [2.24, 2.45) is 23.7 Å². The number of nitrogens with zero attached hydrogens (tertiary/aromatic N) is 1. The first-order valence-corrected chi connectivity index (χ1v) is 8.79. The van der Waals surface area contributed by atoms with Crippen LogP contribution in [-0.2, 0) is 9.59 Å². The van der Waals surface area contributed by atoms with Crippen molar-refractivity contribution < 1.29 is 14.7 Å². The highest BCUT2D eigenvalue weighted by Crippen LogP contribution is 2.60. The maximum Gasteiger partial charge on any atom is 0.238 e. The Morgan fingerprint density at radius 1 is 1.00 bits per heavy atom. The Labute approximate surface area is 138 Å². The maximum atomic E-state index is 12.7. The molecule has 3 fully saturated rings. The number of rotatable bonds is 1. The van der Waals surface area contributed by atoms with E-state index in [9.17, 15) is 14.7 Å². The van der Waals surface area contributed by atoms with E-state index in [0.29, 0.717) is 5.69 Å². The van der Waals surface area contributed by atoms with Gasteiger partial charge < -0.3 is 5.11 Å². The second kappa shape index (κ2) is 4.56. The summed E-state index contributed by atoms with van der Waals surface area (Å²) in [6, 6.07) is 6.51. The molecule has 0 unspecified atom stereocenters. The summed E-state index contributed by atoms with van der Waals surface area (Å²) in [5.41, 5.74) is 0.304. The fourth-order valence-electron chi connectivity index (χ4n) is 4.24. The van der Waals surface area contributed by atoms with E-state index < -0.39 is 0 Å². The van der Waals surface area contributed by atoms with Gasteiger partial charge in [0.05, 0.1) is 17.5 Å². The third-order valence-corrected chi connectivity index (χ3v) is 8.32. The van der Waals surface area contributed by atoms with Gasteiger partial charge in [-0.1, -0.05) is 44.0 Å². The number of anilines is 1. The number of alkyl halides is 2. The highest BCUT2D eigenvalue weighted by Gasteiger charge is 2.66. The minimum Gasteiger partial charge on any atom is -0.506 e.